The van der Waals surface area contributed by atoms with Crippen LogP contribution in [0.3, 0.4) is 0 Å². The Labute approximate surface area is 124 Å². The molecular weight excluding hydrogens is 258 g/mol. The lowest BCUT2D eigenvalue weighted by atomic mass is 10.00. The Hall–Kier alpha value is -2.61. The van der Waals surface area contributed by atoms with E-state index >= 15 is 0 Å². The summed E-state index contributed by atoms with van der Waals surface area (Å²) in [5.74, 6) is 0.256. The van der Waals surface area contributed by atoms with Crippen molar-refractivity contribution >= 4 is 17.0 Å². The van der Waals surface area contributed by atoms with Crippen LogP contribution in [0.4, 0.5) is 0 Å². The van der Waals surface area contributed by atoms with Gasteiger partial charge < -0.3 is 5.11 Å². The van der Waals surface area contributed by atoms with Gasteiger partial charge in [0.15, 0.2) is 0 Å². The molecule has 1 N–H and O–H groups in total. The maximum atomic E-state index is 9.77. The molecule has 0 aliphatic heterocycles. The molecule has 0 saturated carbocycles. The van der Waals surface area contributed by atoms with Crippen LogP contribution in [-0.4, -0.2) is 11.3 Å². The van der Waals surface area contributed by atoms with Crippen LogP contribution in [0, 0.1) is 0 Å². The molecule has 0 fully saturated rings. The van der Waals surface area contributed by atoms with Crippen molar-refractivity contribution in [3.05, 3.63) is 77.9 Å². The topological polar surface area (TPSA) is 32.6 Å². The first-order valence-electron chi connectivity index (χ1n) is 7.04. The molecule has 0 bridgehead atoms. The maximum Gasteiger partial charge on any atom is 0.124 e. The summed E-state index contributed by atoms with van der Waals surface area (Å²) in [5.41, 5.74) is 1.93. The van der Waals surface area contributed by atoms with Crippen LogP contribution in [-0.2, 0) is 0 Å². The smallest absolute Gasteiger partial charge is 0.124 e. The number of benzene rings is 3. The van der Waals surface area contributed by atoms with Crippen molar-refractivity contribution in [2.45, 2.75) is 13.0 Å². The molecule has 2 heteroatoms. The van der Waals surface area contributed by atoms with Gasteiger partial charge in [-0.2, -0.15) is 0 Å². The van der Waals surface area contributed by atoms with Crippen molar-refractivity contribution < 1.29 is 5.11 Å². The van der Waals surface area contributed by atoms with Crippen molar-refractivity contribution in [1.29, 1.82) is 0 Å². The summed E-state index contributed by atoms with van der Waals surface area (Å²) in [7, 11) is 0. The van der Waals surface area contributed by atoms with E-state index < -0.39 is 0 Å². The van der Waals surface area contributed by atoms with Crippen molar-refractivity contribution in [2.24, 2.45) is 4.99 Å². The molecule has 0 radical (unpaired) electrons. The second kappa shape index (κ2) is 5.80. The summed E-state index contributed by atoms with van der Waals surface area (Å²) in [6, 6.07) is 21.9. The van der Waals surface area contributed by atoms with Gasteiger partial charge >= 0.3 is 0 Å². The van der Waals surface area contributed by atoms with Gasteiger partial charge in [0.1, 0.15) is 5.75 Å². The lowest BCUT2D eigenvalue weighted by Crippen LogP contribution is -1.93. The van der Waals surface area contributed by atoms with E-state index in [0.717, 1.165) is 5.56 Å². The average molecular weight is 275 g/mol. The molecule has 21 heavy (non-hydrogen) atoms. The SMILES string of the molecule is C[C@H](N=Cc1ccccc1O)c1cccc2ccccc12. The van der Waals surface area contributed by atoms with E-state index in [4.69, 9.17) is 0 Å². The molecular formula is C19H17NO. The zero-order chi connectivity index (χ0) is 14.7. The first kappa shape index (κ1) is 13.4. The predicted octanol–water partition coefficient (Wildman–Crippen LogP) is 4.73. The van der Waals surface area contributed by atoms with E-state index in [1.54, 1.807) is 18.3 Å². The van der Waals surface area contributed by atoms with Gasteiger partial charge in [-0.05, 0) is 35.4 Å². The number of fused-ring (bicyclic) bond motifs is 1. The Morgan fingerprint density at radius 2 is 1.62 bits per heavy atom. The molecule has 0 unspecified atom stereocenters. The van der Waals surface area contributed by atoms with Crippen LogP contribution in [0.2, 0.25) is 0 Å². The number of hydrogen-bond acceptors (Lipinski definition) is 2. The fraction of sp³-hybridized carbons (Fsp3) is 0.105. The highest BCUT2D eigenvalue weighted by Gasteiger charge is 2.07. The molecule has 2 nitrogen and oxygen atoms in total. The first-order valence-corrected chi connectivity index (χ1v) is 7.04. The lowest BCUT2D eigenvalue weighted by molar-refractivity contribution is 0.474. The molecule has 0 aliphatic rings. The summed E-state index contributed by atoms with van der Waals surface area (Å²) in [4.78, 5) is 4.59. The summed E-state index contributed by atoms with van der Waals surface area (Å²) >= 11 is 0. The van der Waals surface area contributed by atoms with Crippen molar-refractivity contribution in [3.63, 3.8) is 0 Å². The average Bonchev–Trinajstić information content (AvgIpc) is 2.53. The van der Waals surface area contributed by atoms with E-state index in [9.17, 15) is 5.11 Å². The van der Waals surface area contributed by atoms with E-state index in [0.29, 0.717) is 0 Å². The molecule has 3 aromatic rings. The minimum Gasteiger partial charge on any atom is -0.507 e. The van der Waals surface area contributed by atoms with Gasteiger partial charge in [-0.1, -0.05) is 54.6 Å². The quantitative estimate of drug-likeness (QED) is 0.689. The molecule has 104 valence electrons. The predicted molar refractivity (Wildman–Crippen MR) is 88.1 cm³/mol. The normalized spacial score (nSPS) is 12.8. The minimum atomic E-state index is 0.0377. The third kappa shape index (κ3) is 2.79. The summed E-state index contributed by atoms with van der Waals surface area (Å²) in [6.07, 6.45) is 1.74. The van der Waals surface area contributed by atoms with Gasteiger partial charge in [0.25, 0.3) is 0 Å². The zero-order valence-electron chi connectivity index (χ0n) is 11.9. The molecule has 0 aromatic heterocycles. The second-order valence-electron chi connectivity index (χ2n) is 5.08. The summed E-state index contributed by atoms with van der Waals surface area (Å²) in [5, 5.41) is 12.2. The van der Waals surface area contributed by atoms with E-state index in [1.807, 2.05) is 24.3 Å². The van der Waals surface area contributed by atoms with Gasteiger partial charge in [-0.3, -0.25) is 4.99 Å². The molecule has 0 amide bonds. The van der Waals surface area contributed by atoms with Crippen LogP contribution in [0.15, 0.2) is 71.7 Å². The van der Waals surface area contributed by atoms with Crippen LogP contribution in [0.25, 0.3) is 10.8 Å². The number of phenols is 1. The zero-order valence-corrected chi connectivity index (χ0v) is 11.9. The van der Waals surface area contributed by atoms with Gasteiger partial charge in [-0.15, -0.1) is 0 Å². The second-order valence-corrected chi connectivity index (χ2v) is 5.08. The van der Waals surface area contributed by atoms with E-state index in [-0.39, 0.29) is 11.8 Å². The van der Waals surface area contributed by atoms with E-state index in [2.05, 4.69) is 42.2 Å². The molecule has 0 heterocycles. The Kier molecular flexibility index (Phi) is 3.69. The van der Waals surface area contributed by atoms with E-state index in [1.165, 1.54) is 16.3 Å². The molecule has 0 aliphatic carbocycles. The largest absolute Gasteiger partial charge is 0.507 e. The highest BCUT2D eigenvalue weighted by Crippen LogP contribution is 2.26. The Bertz CT molecular complexity index is 787. The molecule has 3 rings (SSSR count). The Morgan fingerprint density at radius 1 is 0.905 bits per heavy atom. The number of aliphatic imine (C=N–C) groups is 1. The maximum absolute atomic E-state index is 9.77. The lowest BCUT2D eigenvalue weighted by Gasteiger charge is -2.10. The Morgan fingerprint density at radius 3 is 2.48 bits per heavy atom. The highest BCUT2D eigenvalue weighted by atomic mass is 16.3. The summed E-state index contributed by atoms with van der Waals surface area (Å²) < 4.78 is 0. The van der Waals surface area contributed by atoms with Gasteiger partial charge in [0.05, 0.1) is 6.04 Å². The fourth-order valence-corrected chi connectivity index (χ4v) is 2.48. The van der Waals surface area contributed by atoms with Crippen LogP contribution >= 0.6 is 0 Å². The number of aromatic hydroxyl groups is 1. The standard InChI is InChI=1S/C19H17NO/c1-14(20-13-16-8-3-5-12-19(16)21)17-11-6-9-15-7-2-4-10-18(15)17/h2-14,21H,1H3/t14-/m0/s1. The van der Waals surface area contributed by atoms with Crippen LogP contribution in [0.1, 0.15) is 24.1 Å². The molecule has 1 atom stereocenters. The van der Waals surface area contributed by atoms with Gasteiger partial charge in [0.2, 0.25) is 0 Å². The number of nitrogens with zero attached hydrogens (tertiary/aromatic N) is 1. The van der Waals surface area contributed by atoms with Gasteiger partial charge in [0, 0.05) is 11.8 Å². The number of para-hydroxylation sites is 1. The van der Waals surface area contributed by atoms with Crippen molar-refractivity contribution in [1.82, 2.24) is 0 Å². The molecule has 0 saturated heterocycles. The number of phenolic OH excluding ortho intramolecular Hbond substituents is 1. The third-order valence-corrected chi connectivity index (χ3v) is 3.65. The molecule has 3 aromatic carbocycles. The monoisotopic (exact) mass is 275 g/mol. The Balaban J connectivity index is 1.94. The number of hydrogen-bond donors (Lipinski definition) is 1. The summed E-state index contributed by atoms with van der Waals surface area (Å²) in [6.45, 7) is 2.07. The highest BCUT2D eigenvalue weighted by molar-refractivity contribution is 5.87. The van der Waals surface area contributed by atoms with Crippen molar-refractivity contribution in [3.8, 4) is 5.75 Å². The van der Waals surface area contributed by atoms with Crippen molar-refractivity contribution in [2.75, 3.05) is 0 Å². The number of rotatable bonds is 3. The van der Waals surface area contributed by atoms with Crippen LogP contribution in [0.5, 0.6) is 5.75 Å². The first-order chi connectivity index (χ1) is 10.3. The third-order valence-electron chi connectivity index (χ3n) is 3.65. The van der Waals surface area contributed by atoms with Gasteiger partial charge in [-0.25, -0.2) is 0 Å². The fourth-order valence-electron chi connectivity index (χ4n) is 2.48. The van der Waals surface area contributed by atoms with Crippen LogP contribution < -0.4 is 0 Å². The minimum absolute atomic E-state index is 0.0377. The molecule has 0 spiro atoms.